The second-order valence-electron chi connectivity index (χ2n) is 1.74. The molecule has 0 aromatic carbocycles. The van der Waals surface area contributed by atoms with Crippen molar-refractivity contribution in [3.8, 4) is 0 Å². The molecule has 3 nitrogen and oxygen atoms in total. The maximum absolute atomic E-state index is 10.3. The molecule has 0 fully saturated rings. The number of hydrogen-bond acceptors (Lipinski definition) is 2. The number of esters is 1. The standard InChI is InChI=1S/C5H9O3/c1-4(2)5(7)8-3-6/h4H,3H2,1-2H3. The molecule has 1 radical (unpaired) electrons. The van der Waals surface area contributed by atoms with E-state index in [0.717, 1.165) is 0 Å². The molecule has 0 N–H and O–H groups in total. The second-order valence-corrected chi connectivity index (χ2v) is 1.74. The molecule has 0 aliphatic rings. The Bertz CT molecular complexity index is 77.7. The average Bonchev–Trinajstić information content (AvgIpc) is 1.67. The molecule has 8 heavy (non-hydrogen) atoms. The molecular formula is C5H9O3. The highest BCUT2D eigenvalue weighted by molar-refractivity contribution is 5.71. The van der Waals surface area contributed by atoms with E-state index in [4.69, 9.17) is 0 Å². The second kappa shape index (κ2) is 3.43. The first-order valence-corrected chi connectivity index (χ1v) is 2.43. The van der Waals surface area contributed by atoms with E-state index in [-0.39, 0.29) is 5.92 Å². The summed E-state index contributed by atoms with van der Waals surface area (Å²) >= 11 is 0. The van der Waals surface area contributed by atoms with Crippen LogP contribution in [0, 0.1) is 5.92 Å². The van der Waals surface area contributed by atoms with Crippen molar-refractivity contribution in [3.05, 3.63) is 0 Å². The molecular weight excluding hydrogens is 108 g/mol. The van der Waals surface area contributed by atoms with Crippen LogP contribution < -0.4 is 0 Å². The van der Waals surface area contributed by atoms with Gasteiger partial charge in [0.15, 0.2) is 0 Å². The minimum atomic E-state index is -0.767. The zero-order valence-electron chi connectivity index (χ0n) is 5.01. The van der Waals surface area contributed by atoms with Crippen molar-refractivity contribution in [2.45, 2.75) is 13.8 Å². The predicted octanol–water partition coefficient (Wildman–Crippen LogP) is 0.574. The first-order valence-electron chi connectivity index (χ1n) is 2.43. The van der Waals surface area contributed by atoms with Gasteiger partial charge in [0.05, 0.1) is 5.92 Å². The molecule has 0 atom stereocenters. The Labute approximate surface area is 48.3 Å². The molecule has 0 saturated carbocycles. The molecule has 0 spiro atoms. The highest BCUT2D eigenvalue weighted by Gasteiger charge is 2.05. The largest absolute Gasteiger partial charge is 0.435 e. The van der Waals surface area contributed by atoms with Crippen LogP contribution in [0.2, 0.25) is 0 Å². The summed E-state index contributed by atoms with van der Waals surface area (Å²) in [5.41, 5.74) is 0. The molecule has 0 amide bonds. The summed E-state index contributed by atoms with van der Waals surface area (Å²) in [4.78, 5) is 10.3. The summed E-state index contributed by atoms with van der Waals surface area (Å²) in [5.74, 6) is -0.621. The van der Waals surface area contributed by atoms with Crippen molar-refractivity contribution in [3.63, 3.8) is 0 Å². The van der Waals surface area contributed by atoms with Gasteiger partial charge in [-0.25, -0.2) is 0 Å². The molecule has 0 bridgehead atoms. The van der Waals surface area contributed by atoms with Gasteiger partial charge in [0.2, 0.25) is 6.79 Å². The lowest BCUT2D eigenvalue weighted by Gasteiger charge is -2.00. The molecule has 3 heteroatoms. The van der Waals surface area contributed by atoms with E-state index < -0.39 is 12.8 Å². The molecule has 0 unspecified atom stereocenters. The lowest BCUT2D eigenvalue weighted by molar-refractivity contribution is -0.159. The van der Waals surface area contributed by atoms with Crippen molar-refractivity contribution < 1.29 is 14.6 Å². The lowest BCUT2D eigenvalue weighted by atomic mass is 10.2. The Morgan fingerprint density at radius 3 is 2.25 bits per heavy atom. The third-order valence-electron chi connectivity index (χ3n) is 0.673. The van der Waals surface area contributed by atoms with Crippen LogP contribution in [0.15, 0.2) is 0 Å². The van der Waals surface area contributed by atoms with Gasteiger partial charge in [-0.15, -0.1) is 0 Å². The summed E-state index contributed by atoms with van der Waals surface area (Å²) in [6.07, 6.45) is 0. The van der Waals surface area contributed by atoms with Crippen molar-refractivity contribution in [1.82, 2.24) is 0 Å². The zero-order valence-corrected chi connectivity index (χ0v) is 5.01. The van der Waals surface area contributed by atoms with Gasteiger partial charge in [0.25, 0.3) is 0 Å². The van der Waals surface area contributed by atoms with Crippen molar-refractivity contribution in [1.29, 1.82) is 0 Å². The molecule has 0 aromatic rings. The Morgan fingerprint density at radius 1 is 1.62 bits per heavy atom. The summed E-state index contributed by atoms with van der Waals surface area (Å²) in [7, 11) is 0. The highest BCUT2D eigenvalue weighted by atomic mass is 16.6. The predicted molar refractivity (Wildman–Crippen MR) is 26.5 cm³/mol. The zero-order chi connectivity index (χ0) is 6.57. The maximum atomic E-state index is 10.3. The van der Waals surface area contributed by atoms with Gasteiger partial charge < -0.3 is 4.74 Å². The van der Waals surface area contributed by atoms with Gasteiger partial charge in [0, 0.05) is 0 Å². The average molecular weight is 117 g/mol. The van der Waals surface area contributed by atoms with Crippen LogP contribution in [-0.4, -0.2) is 12.8 Å². The van der Waals surface area contributed by atoms with Gasteiger partial charge >= 0.3 is 5.97 Å². The fraction of sp³-hybridized carbons (Fsp3) is 0.800. The van der Waals surface area contributed by atoms with Crippen LogP contribution in [0.1, 0.15) is 13.8 Å². The topological polar surface area (TPSA) is 46.2 Å². The lowest BCUT2D eigenvalue weighted by Crippen LogP contribution is -2.11. The quantitative estimate of drug-likeness (QED) is 0.392. The van der Waals surface area contributed by atoms with E-state index in [2.05, 4.69) is 4.74 Å². The van der Waals surface area contributed by atoms with E-state index >= 15 is 0 Å². The van der Waals surface area contributed by atoms with Gasteiger partial charge in [0.1, 0.15) is 0 Å². The van der Waals surface area contributed by atoms with Crippen molar-refractivity contribution in [2.75, 3.05) is 6.79 Å². The van der Waals surface area contributed by atoms with Crippen LogP contribution in [0.25, 0.3) is 0 Å². The van der Waals surface area contributed by atoms with E-state index in [1.807, 2.05) is 0 Å². The third kappa shape index (κ3) is 2.58. The molecule has 0 rings (SSSR count). The van der Waals surface area contributed by atoms with Gasteiger partial charge in [-0.3, -0.25) is 4.79 Å². The molecule has 0 heterocycles. The highest BCUT2D eigenvalue weighted by Crippen LogP contribution is 1.93. The Morgan fingerprint density at radius 2 is 2.12 bits per heavy atom. The summed E-state index contributed by atoms with van der Waals surface area (Å²) in [6, 6.07) is 0. The number of rotatable bonds is 2. The fourth-order valence-corrected chi connectivity index (χ4v) is 0.225. The minimum Gasteiger partial charge on any atom is -0.435 e. The third-order valence-corrected chi connectivity index (χ3v) is 0.673. The molecule has 0 aliphatic heterocycles. The molecule has 0 aliphatic carbocycles. The number of ether oxygens (including phenoxy) is 1. The van der Waals surface area contributed by atoms with Crippen LogP contribution in [0.4, 0.5) is 0 Å². The van der Waals surface area contributed by atoms with E-state index in [0.29, 0.717) is 0 Å². The van der Waals surface area contributed by atoms with Crippen molar-refractivity contribution >= 4 is 5.97 Å². The first-order chi connectivity index (χ1) is 3.68. The molecule has 0 aromatic heterocycles. The molecule has 0 saturated heterocycles. The first kappa shape index (κ1) is 7.43. The van der Waals surface area contributed by atoms with E-state index in [1.165, 1.54) is 0 Å². The van der Waals surface area contributed by atoms with Gasteiger partial charge in [-0.1, -0.05) is 13.8 Å². The van der Waals surface area contributed by atoms with E-state index in [9.17, 15) is 9.90 Å². The number of carbonyl (C=O) groups excluding carboxylic acids is 1. The summed E-state index contributed by atoms with van der Waals surface area (Å²) < 4.78 is 4.11. The SMILES string of the molecule is CC(C)C(=O)OC[O]. The van der Waals surface area contributed by atoms with Gasteiger partial charge in [-0.2, -0.15) is 5.11 Å². The fourth-order valence-electron chi connectivity index (χ4n) is 0.225. The Hall–Kier alpha value is -0.570. The molecule has 47 valence electrons. The van der Waals surface area contributed by atoms with Crippen LogP contribution >= 0.6 is 0 Å². The Kier molecular flexibility index (Phi) is 3.19. The van der Waals surface area contributed by atoms with Gasteiger partial charge in [-0.05, 0) is 0 Å². The van der Waals surface area contributed by atoms with Crippen LogP contribution in [0.3, 0.4) is 0 Å². The van der Waals surface area contributed by atoms with Crippen molar-refractivity contribution in [2.24, 2.45) is 5.92 Å². The van der Waals surface area contributed by atoms with Crippen LogP contribution in [0.5, 0.6) is 0 Å². The number of carbonyl (C=O) groups is 1. The summed E-state index contributed by atoms with van der Waals surface area (Å²) in [6.45, 7) is 2.59. The smallest absolute Gasteiger partial charge is 0.310 e. The monoisotopic (exact) mass is 117 g/mol. The maximum Gasteiger partial charge on any atom is 0.310 e. The normalized spacial score (nSPS) is 9.50. The van der Waals surface area contributed by atoms with Crippen LogP contribution in [-0.2, 0) is 14.6 Å². The van der Waals surface area contributed by atoms with E-state index in [1.54, 1.807) is 13.8 Å². The minimum absolute atomic E-state index is 0.191. The summed E-state index contributed by atoms with van der Waals surface area (Å²) in [5, 5.41) is 9.60. The Balaban J connectivity index is 3.33. The number of hydrogen-bond donors (Lipinski definition) is 0.